The first-order valence-corrected chi connectivity index (χ1v) is 7.40. The Morgan fingerprint density at radius 1 is 1.05 bits per heavy atom. The Kier molecular flexibility index (Phi) is 3.97. The number of carbonyl (C=O) groups is 1. The molecule has 3 aromatic rings. The number of carbonyl (C=O) groups excluding carboxylic acids is 1. The van der Waals surface area contributed by atoms with Crippen molar-refractivity contribution in [1.82, 2.24) is 10.3 Å². The summed E-state index contributed by atoms with van der Waals surface area (Å²) < 4.78 is 0.855. The highest BCUT2D eigenvalue weighted by Gasteiger charge is 2.07. The van der Waals surface area contributed by atoms with Crippen molar-refractivity contribution >= 4 is 32.6 Å². The van der Waals surface area contributed by atoms with Crippen molar-refractivity contribution in [2.45, 2.75) is 6.54 Å². The first-order chi connectivity index (χ1) is 10.2. The monoisotopic (exact) mass is 340 g/mol. The van der Waals surface area contributed by atoms with Gasteiger partial charge in [-0.3, -0.25) is 4.79 Å². The number of aromatic nitrogens is 1. The van der Waals surface area contributed by atoms with Crippen molar-refractivity contribution in [1.29, 1.82) is 0 Å². The summed E-state index contributed by atoms with van der Waals surface area (Å²) in [4.78, 5) is 16.2. The van der Waals surface area contributed by atoms with E-state index in [1.165, 1.54) is 5.39 Å². The summed E-state index contributed by atoms with van der Waals surface area (Å²) in [5.74, 6) is -0.171. The summed E-state index contributed by atoms with van der Waals surface area (Å²) in [6.07, 6.45) is 1.62. The molecule has 2 aromatic carbocycles. The van der Waals surface area contributed by atoms with Crippen LogP contribution < -0.4 is 5.32 Å². The fraction of sp³-hybridized carbons (Fsp3) is 0.0588. The first-order valence-electron chi connectivity index (χ1n) is 6.60. The summed E-state index contributed by atoms with van der Waals surface area (Å²) in [6.45, 7) is 0.484. The number of benzene rings is 2. The molecule has 0 aliphatic rings. The molecule has 0 aliphatic carbocycles. The average Bonchev–Trinajstić information content (AvgIpc) is 2.53. The molecule has 0 saturated carbocycles. The second kappa shape index (κ2) is 6.06. The van der Waals surface area contributed by atoms with Gasteiger partial charge < -0.3 is 5.32 Å². The van der Waals surface area contributed by atoms with E-state index in [-0.39, 0.29) is 5.91 Å². The lowest BCUT2D eigenvalue weighted by Crippen LogP contribution is -2.23. The third kappa shape index (κ3) is 3.11. The van der Waals surface area contributed by atoms with Gasteiger partial charge in [0, 0.05) is 17.2 Å². The SMILES string of the molecule is O=C(NCc1cccc2ccccc12)c1ccc(Br)cn1. The third-order valence-electron chi connectivity index (χ3n) is 3.28. The molecular weight excluding hydrogens is 328 g/mol. The number of halogens is 1. The largest absolute Gasteiger partial charge is 0.347 e. The zero-order chi connectivity index (χ0) is 14.7. The van der Waals surface area contributed by atoms with E-state index >= 15 is 0 Å². The molecule has 0 aliphatic heterocycles. The fourth-order valence-corrected chi connectivity index (χ4v) is 2.46. The van der Waals surface area contributed by atoms with Crippen LogP contribution in [0.3, 0.4) is 0 Å². The lowest BCUT2D eigenvalue weighted by Gasteiger charge is -2.08. The molecule has 3 rings (SSSR count). The maximum Gasteiger partial charge on any atom is 0.270 e. The van der Waals surface area contributed by atoms with Gasteiger partial charge in [-0.25, -0.2) is 4.98 Å². The van der Waals surface area contributed by atoms with Crippen LogP contribution in [0.4, 0.5) is 0 Å². The Morgan fingerprint density at radius 3 is 2.67 bits per heavy atom. The van der Waals surface area contributed by atoms with Gasteiger partial charge in [0.05, 0.1) is 0 Å². The normalized spacial score (nSPS) is 10.5. The number of rotatable bonds is 3. The Labute approximate surface area is 131 Å². The number of fused-ring (bicyclic) bond motifs is 1. The summed E-state index contributed by atoms with van der Waals surface area (Å²) in [7, 11) is 0. The highest BCUT2D eigenvalue weighted by Crippen LogP contribution is 2.18. The van der Waals surface area contributed by atoms with Gasteiger partial charge in [0.15, 0.2) is 0 Å². The summed E-state index contributed by atoms with van der Waals surface area (Å²) in [5, 5.41) is 5.24. The molecule has 0 unspecified atom stereocenters. The summed E-state index contributed by atoms with van der Waals surface area (Å²) >= 11 is 3.30. The second-order valence-corrected chi connectivity index (χ2v) is 5.60. The van der Waals surface area contributed by atoms with Gasteiger partial charge in [-0.05, 0) is 44.4 Å². The lowest BCUT2D eigenvalue weighted by atomic mass is 10.0. The highest BCUT2D eigenvalue weighted by atomic mass is 79.9. The predicted octanol–water partition coefficient (Wildman–Crippen LogP) is 3.93. The molecule has 1 amide bonds. The smallest absolute Gasteiger partial charge is 0.270 e. The predicted molar refractivity (Wildman–Crippen MR) is 87.1 cm³/mol. The molecule has 0 spiro atoms. The van der Waals surface area contributed by atoms with Gasteiger partial charge in [0.2, 0.25) is 0 Å². The summed E-state index contributed by atoms with van der Waals surface area (Å²) in [5.41, 5.74) is 1.51. The number of hydrogen-bond donors (Lipinski definition) is 1. The third-order valence-corrected chi connectivity index (χ3v) is 3.75. The van der Waals surface area contributed by atoms with Gasteiger partial charge in [-0.2, -0.15) is 0 Å². The molecule has 104 valence electrons. The maximum atomic E-state index is 12.1. The minimum absolute atomic E-state index is 0.171. The minimum Gasteiger partial charge on any atom is -0.347 e. The topological polar surface area (TPSA) is 42.0 Å². The van der Waals surface area contributed by atoms with Crippen LogP contribution in [0, 0.1) is 0 Å². The number of nitrogens with zero attached hydrogens (tertiary/aromatic N) is 1. The molecule has 0 saturated heterocycles. The van der Waals surface area contributed by atoms with Gasteiger partial charge in [0.1, 0.15) is 5.69 Å². The Morgan fingerprint density at radius 2 is 1.86 bits per heavy atom. The molecule has 0 radical (unpaired) electrons. The Balaban J connectivity index is 1.77. The van der Waals surface area contributed by atoms with Crippen LogP contribution in [0.5, 0.6) is 0 Å². The molecule has 3 nitrogen and oxygen atoms in total. The van der Waals surface area contributed by atoms with Crippen LogP contribution in [0.1, 0.15) is 16.1 Å². The minimum atomic E-state index is -0.171. The highest BCUT2D eigenvalue weighted by molar-refractivity contribution is 9.10. The van der Waals surface area contributed by atoms with Crippen molar-refractivity contribution < 1.29 is 4.79 Å². The Hall–Kier alpha value is -2.20. The van der Waals surface area contributed by atoms with Gasteiger partial charge in [-0.1, -0.05) is 42.5 Å². The van der Waals surface area contributed by atoms with Gasteiger partial charge >= 0.3 is 0 Å². The molecule has 0 atom stereocenters. The quantitative estimate of drug-likeness (QED) is 0.784. The van der Waals surface area contributed by atoms with E-state index in [1.54, 1.807) is 18.3 Å². The van der Waals surface area contributed by atoms with E-state index in [9.17, 15) is 4.79 Å². The number of nitrogens with one attached hydrogen (secondary N) is 1. The Bertz CT molecular complexity index is 779. The van der Waals surface area contributed by atoms with Crippen molar-refractivity contribution in [2.24, 2.45) is 0 Å². The van der Waals surface area contributed by atoms with Crippen molar-refractivity contribution in [3.8, 4) is 0 Å². The molecule has 0 bridgehead atoms. The van der Waals surface area contributed by atoms with E-state index in [4.69, 9.17) is 0 Å². The van der Waals surface area contributed by atoms with E-state index in [0.29, 0.717) is 12.2 Å². The molecular formula is C17H13BrN2O. The van der Waals surface area contributed by atoms with Gasteiger partial charge in [-0.15, -0.1) is 0 Å². The molecule has 1 N–H and O–H groups in total. The lowest BCUT2D eigenvalue weighted by molar-refractivity contribution is 0.0946. The number of pyridine rings is 1. The fourth-order valence-electron chi connectivity index (χ4n) is 2.22. The number of amides is 1. The summed E-state index contributed by atoms with van der Waals surface area (Å²) in [6, 6.07) is 17.7. The molecule has 4 heteroatoms. The maximum absolute atomic E-state index is 12.1. The zero-order valence-corrected chi connectivity index (χ0v) is 12.8. The van der Waals surface area contributed by atoms with E-state index < -0.39 is 0 Å². The second-order valence-electron chi connectivity index (χ2n) is 4.68. The van der Waals surface area contributed by atoms with Crippen LogP contribution in [0.15, 0.2) is 65.3 Å². The molecule has 1 heterocycles. The molecule has 21 heavy (non-hydrogen) atoms. The van der Waals surface area contributed by atoms with Crippen LogP contribution in [-0.2, 0) is 6.54 Å². The van der Waals surface area contributed by atoms with Crippen LogP contribution in [0.2, 0.25) is 0 Å². The average molecular weight is 341 g/mol. The zero-order valence-electron chi connectivity index (χ0n) is 11.2. The van der Waals surface area contributed by atoms with E-state index in [2.05, 4.69) is 44.4 Å². The van der Waals surface area contributed by atoms with Gasteiger partial charge in [0.25, 0.3) is 5.91 Å². The van der Waals surface area contributed by atoms with E-state index in [1.807, 2.05) is 24.3 Å². The molecule has 1 aromatic heterocycles. The standard InChI is InChI=1S/C17H13BrN2O/c18-14-8-9-16(19-11-14)17(21)20-10-13-6-3-5-12-4-1-2-7-15(12)13/h1-9,11H,10H2,(H,20,21). The van der Waals surface area contributed by atoms with E-state index in [0.717, 1.165) is 15.4 Å². The van der Waals surface area contributed by atoms with Crippen LogP contribution in [0.25, 0.3) is 10.8 Å². The number of hydrogen-bond acceptors (Lipinski definition) is 2. The van der Waals surface area contributed by atoms with Crippen molar-refractivity contribution in [3.63, 3.8) is 0 Å². The van der Waals surface area contributed by atoms with Crippen molar-refractivity contribution in [3.05, 3.63) is 76.5 Å². The van der Waals surface area contributed by atoms with Crippen LogP contribution in [-0.4, -0.2) is 10.9 Å². The molecule has 0 fully saturated rings. The first kappa shape index (κ1) is 13.8. The van der Waals surface area contributed by atoms with Crippen molar-refractivity contribution in [2.75, 3.05) is 0 Å². The van der Waals surface area contributed by atoms with Crippen LogP contribution >= 0.6 is 15.9 Å².